The van der Waals surface area contributed by atoms with Crippen LogP contribution in [-0.4, -0.2) is 6.61 Å². The van der Waals surface area contributed by atoms with Crippen LogP contribution in [0, 0.1) is 0 Å². The highest BCUT2D eigenvalue weighted by molar-refractivity contribution is 6.22. The molecule has 0 bridgehead atoms. The van der Waals surface area contributed by atoms with Crippen molar-refractivity contribution in [3.63, 3.8) is 0 Å². The first-order valence-electron chi connectivity index (χ1n) is 6.94. The number of benzene rings is 2. The summed E-state index contributed by atoms with van der Waals surface area (Å²) in [5.74, 6) is 0.132. The van der Waals surface area contributed by atoms with Gasteiger partial charge >= 0.3 is 6.61 Å². The van der Waals surface area contributed by atoms with E-state index in [1.165, 1.54) is 17.2 Å². The molecule has 2 aromatic carbocycles. The van der Waals surface area contributed by atoms with Crippen molar-refractivity contribution in [3.8, 4) is 5.75 Å². The Bertz CT molecular complexity index is 642. The highest BCUT2D eigenvalue weighted by Crippen LogP contribution is 2.37. The molecule has 0 fully saturated rings. The largest absolute Gasteiger partial charge is 0.434 e. The van der Waals surface area contributed by atoms with Crippen LogP contribution in [-0.2, 0) is 12.8 Å². The van der Waals surface area contributed by atoms with E-state index in [9.17, 15) is 8.78 Å². The SMILES string of the molecule is FC(F)Oc1ccccc1C(Cl)c1ccc2c(c1)CCC2. The smallest absolute Gasteiger partial charge is 0.387 e. The molecule has 0 heterocycles. The molecule has 0 aromatic heterocycles. The van der Waals surface area contributed by atoms with Gasteiger partial charge in [0.1, 0.15) is 5.75 Å². The Labute approximate surface area is 127 Å². The molecule has 110 valence electrons. The summed E-state index contributed by atoms with van der Waals surface area (Å²) in [6, 6.07) is 12.8. The number of rotatable bonds is 4. The normalized spacial score (nSPS) is 15.0. The number of hydrogen-bond acceptors (Lipinski definition) is 1. The number of fused-ring (bicyclic) bond motifs is 1. The quantitative estimate of drug-likeness (QED) is 0.714. The number of hydrogen-bond donors (Lipinski definition) is 0. The fraction of sp³-hybridized carbons (Fsp3) is 0.294. The topological polar surface area (TPSA) is 9.23 Å². The van der Waals surface area contributed by atoms with Crippen LogP contribution in [0.2, 0.25) is 0 Å². The minimum atomic E-state index is -2.85. The monoisotopic (exact) mass is 308 g/mol. The fourth-order valence-electron chi connectivity index (χ4n) is 2.82. The lowest BCUT2D eigenvalue weighted by atomic mass is 9.99. The number of para-hydroxylation sites is 1. The van der Waals surface area contributed by atoms with Gasteiger partial charge in [0.05, 0.1) is 5.38 Å². The molecule has 2 aromatic rings. The van der Waals surface area contributed by atoms with Crippen LogP contribution < -0.4 is 4.74 Å². The van der Waals surface area contributed by atoms with Crippen LogP contribution >= 0.6 is 11.6 Å². The molecule has 0 saturated carbocycles. The molecule has 4 heteroatoms. The van der Waals surface area contributed by atoms with E-state index in [2.05, 4.69) is 16.9 Å². The number of halogens is 3. The second-order valence-corrected chi connectivity index (χ2v) is 5.60. The number of alkyl halides is 3. The van der Waals surface area contributed by atoms with E-state index in [1.807, 2.05) is 6.07 Å². The zero-order chi connectivity index (χ0) is 14.8. The summed E-state index contributed by atoms with van der Waals surface area (Å²) in [5.41, 5.74) is 4.16. The van der Waals surface area contributed by atoms with Gasteiger partial charge in [0.2, 0.25) is 0 Å². The molecule has 0 aliphatic heterocycles. The van der Waals surface area contributed by atoms with Crippen molar-refractivity contribution in [2.45, 2.75) is 31.3 Å². The maximum atomic E-state index is 12.5. The van der Waals surface area contributed by atoms with Gasteiger partial charge in [-0.2, -0.15) is 8.78 Å². The van der Waals surface area contributed by atoms with E-state index in [0.717, 1.165) is 24.8 Å². The van der Waals surface area contributed by atoms with Gasteiger partial charge in [0, 0.05) is 5.56 Å². The van der Waals surface area contributed by atoms with E-state index in [-0.39, 0.29) is 5.75 Å². The standard InChI is InChI=1S/C17H15ClF2O/c18-16(13-9-8-11-4-3-5-12(11)10-13)14-6-1-2-7-15(14)21-17(19)20/h1-2,6-10,16-17H,3-5H2. The second kappa shape index (κ2) is 6.02. The average molecular weight is 309 g/mol. The van der Waals surface area contributed by atoms with Gasteiger partial charge in [-0.05, 0) is 42.0 Å². The molecule has 1 aliphatic rings. The van der Waals surface area contributed by atoms with Gasteiger partial charge in [-0.25, -0.2) is 0 Å². The molecule has 1 atom stereocenters. The van der Waals surface area contributed by atoms with Crippen LogP contribution in [0.5, 0.6) is 5.75 Å². The van der Waals surface area contributed by atoms with Crippen LogP contribution in [0.25, 0.3) is 0 Å². The minimum absolute atomic E-state index is 0.132. The lowest BCUT2D eigenvalue weighted by Gasteiger charge is -2.16. The molecule has 0 spiro atoms. The summed E-state index contributed by atoms with van der Waals surface area (Å²) >= 11 is 6.50. The van der Waals surface area contributed by atoms with Crippen molar-refractivity contribution in [1.82, 2.24) is 0 Å². The van der Waals surface area contributed by atoms with Gasteiger partial charge in [-0.1, -0.05) is 36.4 Å². The van der Waals surface area contributed by atoms with E-state index in [4.69, 9.17) is 11.6 Å². The van der Waals surface area contributed by atoms with Crippen molar-refractivity contribution in [1.29, 1.82) is 0 Å². The Morgan fingerprint density at radius 1 is 1.00 bits per heavy atom. The second-order valence-electron chi connectivity index (χ2n) is 5.16. The Morgan fingerprint density at radius 3 is 2.57 bits per heavy atom. The van der Waals surface area contributed by atoms with E-state index in [0.29, 0.717) is 5.56 Å². The molecule has 0 amide bonds. The summed E-state index contributed by atoms with van der Waals surface area (Å²) in [6.07, 6.45) is 3.33. The lowest BCUT2D eigenvalue weighted by molar-refractivity contribution is -0.0504. The maximum Gasteiger partial charge on any atom is 0.387 e. The molecule has 0 saturated heterocycles. The molecular weight excluding hydrogens is 294 g/mol. The van der Waals surface area contributed by atoms with Gasteiger partial charge in [0.25, 0.3) is 0 Å². The Kier molecular flexibility index (Phi) is 4.11. The van der Waals surface area contributed by atoms with E-state index < -0.39 is 12.0 Å². The Morgan fingerprint density at radius 2 is 1.76 bits per heavy atom. The first-order chi connectivity index (χ1) is 10.1. The van der Waals surface area contributed by atoms with Crippen molar-refractivity contribution in [2.75, 3.05) is 0 Å². The van der Waals surface area contributed by atoms with Crippen molar-refractivity contribution in [3.05, 3.63) is 64.7 Å². The summed E-state index contributed by atoms with van der Waals surface area (Å²) in [5, 5.41) is -0.495. The van der Waals surface area contributed by atoms with Crippen molar-refractivity contribution < 1.29 is 13.5 Å². The number of ether oxygens (including phenoxy) is 1. The van der Waals surface area contributed by atoms with Crippen LogP contribution in [0.3, 0.4) is 0 Å². The van der Waals surface area contributed by atoms with Gasteiger partial charge in [-0.3, -0.25) is 0 Å². The van der Waals surface area contributed by atoms with Crippen LogP contribution in [0.1, 0.15) is 34.1 Å². The van der Waals surface area contributed by atoms with Crippen LogP contribution in [0.4, 0.5) is 8.78 Å². The molecule has 0 N–H and O–H groups in total. The first-order valence-corrected chi connectivity index (χ1v) is 7.38. The third-order valence-corrected chi connectivity index (χ3v) is 4.31. The zero-order valence-electron chi connectivity index (χ0n) is 11.4. The van der Waals surface area contributed by atoms with Crippen molar-refractivity contribution >= 4 is 11.6 Å². The third kappa shape index (κ3) is 3.03. The minimum Gasteiger partial charge on any atom is -0.434 e. The summed E-state index contributed by atoms with van der Waals surface area (Å²) in [6.45, 7) is -2.85. The van der Waals surface area contributed by atoms with Gasteiger partial charge in [-0.15, -0.1) is 11.6 Å². The number of aryl methyl sites for hydroxylation is 2. The Balaban J connectivity index is 1.93. The van der Waals surface area contributed by atoms with Gasteiger partial charge < -0.3 is 4.74 Å². The predicted octanol–water partition coefficient (Wildman–Crippen LogP) is 5.10. The van der Waals surface area contributed by atoms with Crippen molar-refractivity contribution in [2.24, 2.45) is 0 Å². The highest BCUT2D eigenvalue weighted by Gasteiger charge is 2.20. The Hall–Kier alpha value is -1.61. The molecule has 1 unspecified atom stereocenters. The van der Waals surface area contributed by atoms with E-state index >= 15 is 0 Å². The molecule has 0 radical (unpaired) electrons. The molecule has 1 aliphatic carbocycles. The average Bonchev–Trinajstić information content (AvgIpc) is 2.94. The molecule has 1 nitrogen and oxygen atoms in total. The summed E-state index contributed by atoms with van der Waals surface area (Å²) in [7, 11) is 0. The predicted molar refractivity (Wildman–Crippen MR) is 79.2 cm³/mol. The summed E-state index contributed by atoms with van der Waals surface area (Å²) < 4.78 is 29.5. The molecule has 21 heavy (non-hydrogen) atoms. The molecular formula is C17H15ClF2O. The fourth-order valence-corrected chi connectivity index (χ4v) is 3.14. The first kappa shape index (κ1) is 14.3. The molecule has 3 rings (SSSR count). The third-order valence-electron chi connectivity index (χ3n) is 3.82. The maximum absolute atomic E-state index is 12.5. The van der Waals surface area contributed by atoms with Crippen LogP contribution in [0.15, 0.2) is 42.5 Å². The lowest BCUT2D eigenvalue weighted by Crippen LogP contribution is -2.06. The van der Waals surface area contributed by atoms with Gasteiger partial charge in [0.15, 0.2) is 0 Å². The summed E-state index contributed by atoms with van der Waals surface area (Å²) in [4.78, 5) is 0. The van der Waals surface area contributed by atoms with E-state index in [1.54, 1.807) is 18.2 Å². The zero-order valence-corrected chi connectivity index (χ0v) is 12.1. The highest BCUT2D eigenvalue weighted by atomic mass is 35.5.